The van der Waals surface area contributed by atoms with Gasteiger partial charge in [-0.15, -0.1) is 0 Å². The van der Waals surface area contributed by atoms with Gasteiger partial charge in [-0.3, -0.25) is 15.1 Å². The van der Waals surface area contributed by atoms with Crippen LogP contribution in [0, 0.1) is 10.1 Å². The van der Waals surface area contributed by atoms with Crippen molar-refractivity contribution in [3.05, 3.63) is 57.1 Å². The lowest BCUT2D eigenvalue weighted by atomic mass is 9.79. The number of aliphatic imine (C=N–C) groups is 1. The molecule has 0 bridgehead atoms. The van der Waals surface area contributed by atoms with Gasteiger partial charge in [-0.1, -0.05) is 55.5 Å². The summed E-state index contributed by atoms with van der Waals surface area (Å²) in [6, 6.07) is 8.80. The Labute approximate surface area is 174 Å². The lowest BCUT2D eigenvalue weighted by molar-refractivity contribution is -0.384. The Morgan fingerprint density at radius 2 is 1.66 bits per heavy atom. The fraction of sp³-hybridized carbons (Fsp3) is 0.435. The zero-order valence-electron chi connectivity index (χ0n) is 18.6. The summed E-state index contributed by atoms with van der Waals surface area (Å²) in [5, 5.41) is 22.9. The highest BCUT2D eigenvalue weighted by molar-refractivity contribution is 7.64. The first-order valence-electron chi connectivity index (χ1n) is 9.59. The second kappa shape index (κ2) is 8.23. The predicted molar refractivity (Wildman–Crippen MR) is 124 cm³/mol. The first-order valence-corrected chi connectivity index (χ1v) is 11.8. The molecule has 0 aliphatic heterocycles. The van der Waals surface area contributed by atoms with E-state index in [1.54, 1.807) is 18.3 Å². The van der Waals surface area contributed by atoms with E-state index in [1.165, 1.54) is 6.07 Å². The van der Waals surface area contributed by atoms with E-state index >= 15 is 0 Å². The Hall–Kier alpha value is -2.26. The van der Waals surface area contributed by atoms with Crippen LogP contribution in [0.25, 0.3) is 0 Å². The molecule has 1 N–H and O–H groups in total. The molecule has 2 aromatic carbocycles. The van der Waals surface area contributed by atoms with Gasteiger partial charge in [0.05, 0.1) is 10.6 Å². The summed E-state index contributed by atoms with van der Waals surface area (Å²) in [4.78, 5) is 15.3. The molecule has 0 saturated carbocycles. The van der Waals surface area contributed by atoms with E-state index in [4.69, 9.17) is 0 Å². The summed E-state index contributed by atoms with van der Waals surface area (Å²) in [6.45, 7) is 16.7. The fourth-order valence-electron chi connectivity index (χ4n) is 2.99. The average molecular weight is 414 g/mol. The number of nitro benzene ring substituents is 1. The van der Waals surface area contributed by atoms with Gasteiger partial charge in [0.2, 0.25) is 0 Å². The molecule has 0 fully saturated rings. The molecule has 0 heterocycles. The summed E-state index contributed by atoms with van der Waals surface area (Å²) in [5.74, 6) is 0.230. The molecular weight excluding hydrogens is 383 g/mol. The van der Waals surface area contributed by atoms with Crippen LogP contribution in [0.1, 0.15) is 58.2 Å². The van der Waals surface area contributed by atoms with Crippen LogP contribution in [0.3, 0.4) is 0 Å². The molecule has 29 heavy (non-hydrogen) atoms. The predicted octanol–water partition coefficient (Wildman–Crippen LogP) is 6.01. The molecule has 0 atom stereocenters. The van der Waals surface area contributed by atoms with Crippen LogP contribution in [0.15, 0.2) is 35.3 Å². The number of benzene rings is 2. The van der Waals surface area contributed by atoms with Crippen molar-refractivity contribution >= 4 is 30.8 Å². The van der Waals surface area contributed by atoms with Gasteiger partial charge < -0.3 is 5.11 Å². The minimum Gasteiger partial charge on any atom is -0.507 e. The highest BCUT2D eigenvalue weighted by atomic mass is 31.1. The lowest BCUT2D eigenvalue weighted by Crippen LogP contribution is -2.17. The maximum Gasteiger partial charge on any atom is 0.270 e. The van der Waals surface area contributed by atoms with Crippen LogP contribution < -0.4 is 5.30 Å². The molecule has 0 unspecified atom stereocenters. The van der Waals surface area contributed by atoms with Crippen LogP contribution in [0.2, 0.25) is 0 Å². The van der Waals surface area contributed by atoms with Crippen LogP contribution >= 0.6 is 7.92 Å². The number of non-ortho nitro benzene ring substituents is 1. The lowest BCUT2D eigenvalue weighted by Gasteiger charge is -2.27. The van der Waals surface area contributed by atoms with E-state index < -0.39 is 7.92 Å². The summed E-state index contributed by atoms with van der Waals surface area (Å²) in [6.07, 6.45) is 1.67. The third-order valence-electron chi connectivity index (χ3n) is 4.81. The zero-order valence-corrected chi connectivity index (χ0v) is 19.5. The molecule has 156 valence electrons. The molecular formula is C23H31N2O3P. The Balaban J connectivity index is 2.62. The normalized spacial score (nSPS) is 12.7. The standard InChI is InChI=1S/C23H31N2O3P/c1-22(2,3)16-11-15(21(26)18(12-16)23(4,5)6)14-24-19-10-9-17(25(27)28)13-20(19)29(7)8/h9-14,26H,1-8H3. The minimum atomic E-state index is -0.576. The van der Waals surface area contributed by atoms with E-state index in [9.17, 15) is 15.2 Å². The third-order valence-corrected chi connectivity index (χ3v) is 6.13. The van der Waals surface area contributed by atoms with Crippen molar-refractivity contribution in [1.82, 2.24) is 0 Å². The highest BCUT2D eigenvalue weighted by Gasteiger charge is 2.24. The number of phenolic OH excluding ortho intramolecular Hbond substituents is 1. The van der Waals surface area contributed by atoms with Crippen molar-refractivity contribution in [2.24, 2.45) is 4.99 Å². The summed E-state index contributed by atoms with van der Waals surface area (Å²) < 4.78 is 0. The molecule has 0 aliphatic rings. The van der Waals surface area contributed by atoms with Gasteiger partial charge in [0, 0.05) is 34.8 Å². The highest BCUT2D eigenvalue weighted by Crippen LogP contribution is 2.37. The summed E-state index contributed by atoms with van der Waals surface area (Å²) >= 11 is 0. The first kappa shape index (κ1) is 23.0. The molecule has 2 aromatic rings. The zero-order chi connectivity index (χ0) is 22.1. The van der Waals surface area contributed by atoms with Crippen molar-refractivity contribution < 1.29 is 10.0 Å². The topological polar surface area (TPSA) is 75.7 Å². The molecule has 5 nitrogen and oxygen atoms in total. The van der Waals surface area contributed by atoms with Crippen LogP contribution in [0.5, 0.6) is 5.75 Å². The molecule has 0 saturated heterocycles. The summed E-state index contributed by atoms with van der Waals surface area (Å²) in [7, 11) is -0.576. The number of hydrogen-bond acceptors (Lipinski definition) is 4. The molecule has 0 aliphatic carbocycles. The Morgan fingerprint density at radius 3 is 2.14 bits per heavy atom. The molecule has 0 radical (unpaired) electrons. The van der Waals surface area contributed by atoms with E-state index in [-0.39, 0.29) is 27.2 Å². The monoisotopic (exact) mass is 414 g/mol. The van der Waals surface area contributed by atoms with Gasteiger partial charge in [0.25, 0.3) is 5.69 Å². The number of rotatable bonds is 4. The Morgan fingerprint density at radius 1 is 1.03 bits per heavy atom. The molecule has 0 spiro atoms. The number of nitrogens with zero attached hydrogens (tertiary/aromatic N) is 2. The van der Waals surface area contributed by atoms with Gasteiger partial charge in [0.15, 0.2) is 0 Å². The quantitative estimate of drug-likeness (QED) is 0.288. The van der Waals surface area contributed by atoms with Crippen molar-refractivity contribution in [2.45, 2.75) is 52.4 Å². The molecule has 0 amide bonds. The van der Waals surface area contributed by atoms with Crippen LogP contribution in [0.4, 0.5) is 11.4 Å². The van der Waals surface area contributed by atoms with Crippen LogP contribution in [-0.4, -0.2) is 29.6 Å². The number of phenols is 1. The first-order chi connectivity index (χ1) is 13.2. The smallest absolute Gasteiger partial charge is 0.270 e. The fourth-order valence-corrected chi connectivity index (χ4v) is 3.97. The van der Waals surface area contributed by atoms with E-state index in [0.717, 1.165) is 16.4 Å². The minimum absolute atomic E-state index is 0.0720. The summed E-state index contributed by atoms with van der Waals surface area (Å²) in [5.41, 5.74) is 3.14. The van der Waals surface area contributed by atoms with Gasteiger partial charge in [-0.25, -0.2) is 0 Å². The average Bonchev–Trinajstić information content (AvgIpc) is 2.58. The van der Waals surface area contributed by atoms with Gasteiger partial charge in [-0.2, -0.15) is 0 Å². The van der Waals surface area contributed by atoms with Crippen molar-refractivity contribution in [3.8, 4) is 5.75 Å². The largest absolute Gasteiger partial charge is 0.507 e. The van der Waals surface area contributed by atoms with Gasteiger partial charge in [-0.05, 0) is 41.9 Å². The van der Waals surface area contributed by atoms with Gasteiger partial charge >= 0.3 is 0 Å². The Bertz CT molecular complexity index is 952. The van der Waals surface area contributed by atoms with E-state index in [1.807, 2.05) is 19.4 Å². The third kappa shape index (κ3) is 5.42. The Kier molecular flexibility index (Phi) is 6.54. The van der Waals surface area contributed by atoms with Crippen molar-refractivity contribution in [1.29, 1.82) is 0 Å². The second-order valence-electron chi connectivity index (χ2n) is 9.54. The molecule has 6 heteroatoms. The van der Waals surface area contributed by atoms with Crippen molar-refractivity contribution in [2.75, 3.05) is 13.3 Å². The maximum absolute atomic E-state index is 11.1. The van der Waals surface area contributed by atoms with E-state index in [2.05, 4.69) is 52.6 Å². The number of nitro groups is 1. The van der Waals surface area contributed by atoms with Crippen molar-refractivity contribution in [3.63, 3.8) is 0 Å². The van der Waals surface area contributed by atoms with Crippen LogP contribution in [-0.2, 0) is 10.8 Å². The maximum atomic E-state index is 11.1. The second-order valence-corrected chi connectivity index (χ2v) is 11.8. The molecule has 2 rings (SSSR count). The molecule has 0 aromatic heterocycles. The number of hydrogen-bond donors (Lipinski definition) is 1. The SMILES string of the molecule is CP(C)c1cc([N+](=O)[O-])ccc1N=Cc1cc(C(C)(C)C)cc(C(C)(C)C)c1O. The van der Waals surface area contributed by atoms with E-state index in [0.29, 0.717) is 11.3 Å². The number of aromatic hydroxyl groups is 1. The van der Waals surface area contributed by atoms with Gasteiger partial charge in [0.1, 0.15) is 5.75 Å².